The summed E-state index contributed by atoms with van der Waals surface area (Å²) in [5.41, 5.74) is 2.40. The van der Waals surface area contributed by atoms with Crippen LogP contribution in [0.4, 0.5) is 0 Å². The quantitative estimate of drug-likeness (QED) is 0.652. The van der Waals surface area contributed by atoms with E-state index in [2.05, 4.69) is 5.43 Å². The maximum Gasteiger partial charge on any atom is 0.328 e. The van der Waals surface area contributed by atoms with E-state index in [0.717, 1.165) is 12.2 Å². The summed E-state index contributed by atoms with van der Waals surface area (Å²) in [4.78, 5) is 21.0. The molecule has 1 aromatic rings. The van der Waals surface area contributed by atoms with Crippen LogP contribution in [0.15, 0.2) is 36.7 Å². The molecule has 0 saturated heterocycles. The van der Waals surface area contributed by atoms with Crippen LogP contribution in [0, 0.1) is 0 Å². The number of carboxylic acids is 1. The minimum Gasteiger partial charge on any atom is -0.478 e. The second kappa shape index (κ2) is 4.10. The molecule has 1 amide bonds. The summed E-state index contributed by atoms with van der Waals surface area (Å²) in [6, 6.07) is 3.47. The smallest absolute Gasteiger partial charge is 0.328 e. The number of aliphatic carboxylic acids is 1. The van der Waals surface area contributed by atoms with Crippen molar-refractivity contribution in [2.75, 3.05) is 5.43 Å². The van der Waals surface area contributed by atoms with Crippen molar-refractivity contribution < 1.29 is 14.7 Å². The maximum absolute atomic E-state index is 10.9. The lowest BCUT2D eigenvalue weighted by Crippen LogP contribution is -2.19. The maximum atomic E-state index is 10.9. The molecule has 5 heteroatoms. The van der Waals surface area contributed by atoms with Gasteiger partial charge in [-0.15, -0.1) is 0 Å². The highest BCUT2D eigenvalue weighted by atomic mass is 16.4. The molecule has 1 heterocycles. The van der Waals surface area contributed by atoms with Crippen LogP contribution in [0.3, 0.4) is 0 Å². The number of hydrogen-bond donors (Lipinski definition) is 2. The van der Waals surface area contributed by atoms with Crippen LogP contribution in [0.1, 0.15) is 0 Å². The molecule has 0 radical (unpaired) electrons. The van der Waals surface area contributed by atoms with Gasteiger partial charge in [0, 0.05) is 24.5 Å². The summed E-state index contributed by atoms with van der Waals surface area (Å²) >= 11 is 0. The lowest BCUT2D eigenvalue weighted by atomic mass is 10.5. The molecule has 0 unspecified atom stereocenters. The van der Waals surface area contributed by atoms with Gasteiger partial charge in [0.05, 0.1) is 0 Å². The molecular weight excluding hydrogens is 172 g/mol. The van der Waals surface area contributed by atoms with E-state index >= 15 is 0 Å². The first kappa shape index (κ1) is 9.05. The Kier molecular flexibility index (Phi) is 2.86. The van der Waals surface area contributed by atoms with Gasteiger partial charge in [0.2, 0.25) is 0 Å². The molecule has 68 valence electrons. The molecule has 1 aromatic heterocycles. The molecular formula is C8H8N2O3. The van der Waals surface area contributed by atoms with E-state index in [4.69, 9.17) is 5.11 Å². The number of rotatable bonds is 3. The van der Waals surface area contributed by atoms with Crippen LogP contribution >= 0.6 is 0 Å². The van der Waals surface area contributed by atoms with Crippen LogP contribution in [-0.4, -0.2) is 21.7 Å². The number of amides is 1. The topological polar surface area (TPSA) is 71.3 Å². The zero-order chi connectivity index (χ0) is 9.68. The Hall–Kier alpha value is -2.04. The Morgan fingerprint density at radius 3 is 2.38 bits per heavy atom. The Labute approximate surface area is 74.3 Å². The number of nitrogens with zero attached hydrogens (tertiary/aromatic N) is 1. The van der Waals surface area contributed by atoms with Gasteiger partial charge in [-0.2, -0.15) is 0 Å². The van der Waals surface area contributed by atoms with E-state index in [9.17, 15) is 9.59 Å². The van der Waals surface area contributed by atoms with Gasteiger partial charge < -0.3 is 5.11 Å². The average molecular weight is 180 g/mol. The number of carboxylic acid groups (broad SMARTS) is 1. The van der Waals surface area contributed by atoms with Gasteiger partial charge in [-0.05, 0) is 12.1 Å². The third-order valence-electron chi connectivity index (χ3n) is 1.22. The largest absolute Gasteiger partial charge is 0.478 e. The first-order chi connectivity index (χ1) is 6.18. The van der Waals surface area contributed by atoms with Crippen molar-refractivity contribution in [1.82, 2.24) is 4.68 Å². The van der Waals surface area contributed by atoms with E-state index in [1.54, 1.807) is 24.5 Å². The Morgan fingerprint density at radius 2 is 1.85 bits per heavy atom. The van der Waals surface area contributed by atoms with Crippen molar-refractivity contribution in [3.05, 3.63) is 36.7 Å². The van der Waals surface area contributed by atoms with Crippen LogP contribution in [0.25, 0.3) is 0 Å². The third-order valence-corrected chi connectivity index (χ3v) is 1.22. The molecule has 0 aromatic carbocycles. The van der Waals surface area contributed by atoms with Gasteiger partial charge >= 0.3 is 5.97 Å². The number of nitrogens with one attached hydrogen (secondary N) is 1. The first-order valence-corrected chi connectivity index (χ1v) is 3.53. The fourth-order valence-corrected chi connectivity index (χ4v) is 0.721. The highest BCUT2D eigenvalue weighted by molar-refractivity contribution is 5.98. The van der Waals surface area contributed by atoms with E-state index in [1.165, 1.54) is 4.68 Å². The van der Waals surface area contributed by atoms with Gasteiger partial charge in [-0.1, -0.05) is 0 Å². The first-order valence-electron chi connectivity index (χ1n) is 3.53. The van der Waals surface area contributed by atoms with Gasteiger partial charge in [0.25, 0.3) is 5.91 Å². The van der Waals surface area contributed by atoms with Crippen molar-refractivity contribution in [2.24, 2.45) is 0 Å². The Balaban J connectivity index is 2.47. The molecule has 0 fully saturated rings. The summed E-state index contributed by atoms with van der Waals surface area (Å²) in [6.45, 7) is 0. The molecule has 5 nitrogen and oxygen atoms in total. The molecule has 0 spiro atoms. The van der Waals surface area contributed by atoms with Crippen LogP contribution < -0.4 is 5.43 Å². The normalized spacial score (nSPS) is 10.2. The molecule has 0 aliphatic heterocycles. The summed E-state index contributed by atoms with van der Waals surface area (Å²) in [5, 5.41) is 8.21. The van der Waals surface area contributed by atoms with Gasteiger partial charge in [-0.25, -0.2) is 4.79 Å². The van der Waals surface area contributed by atoms with E-state index < -0.39 is 11.9 Å². The van der Waals surface area contributed by atoms with E-state index in [-0.39, 0.29) is 0 Å². The molecule has 13 heavy (non-hydrogen) atoms. The van der Waals surface area contributed by atoms with Crippen molar-refractivity contribution in [2.45, 2.75) is 0 Å². The SMILES string of the molecule is O=C(O)C=CC(=O)Nn1cccc1. The van der Waals surface area contributed by atoms with Gasteiger partial charge in [-0.3, -0.25) is 14.9 Å². The predicted molar refractivity (Wildman–Crippen MR) is 45.6 cm³/mol. The summed E-state index contributed by atoms with van der Waals surface area (Å²) in [5.74, 6) is -1.64. The number of carbonyl (C=O) groups is 2. The standard InChI is InChI=1S/C8H8N2O3/c11-7(3-4-8(12)13)9-10-5-1-2-6-10/h1-6H,(H,9,11)(H,12,13). The van der Waals surface area contributed by atoms with Crippen molar-refractivity contribution in [3.8, 4) is 0 Å². The second-order valence-electron chi connectivity index (χ2n) is 2.24. The molecule has 0 atom stereocenters. The highest BCUT2D eigenvalue weighted by Gasteiger charge is 1.95. The number of hydrogen-bond acceptors (Lipinski definition) is 2. The number of carbonyl (C=O) groups excluding carboxylic acids is 1. The van der Waals surface area contributed by atoms with Gasteiger partial charge in [0.15, 0.2) is 0 Å². The zero-order valence-electron chi connectivity index (χ0n) is 6.68. The lowest BCUT2D eigenvalue weighted by molar-refractivity contribution is -0.131. The predicted octanol–water partition coefficient (Wildman–Crippen LogP) is 0.199. The average Bonchev–Trinajstić information content (AvgIpc) is 2.53. The van der Waals surface area contributed by atoms with Crippen molar-refractivity contribution >= 4 is 11.9 Å². The minimum atomic E-state index is -1.15. The van der Waals surface area contributed by atoms with Crippen LogP contribution in [0.2, 0.25) is 0 Å². The zero-order valence-corrected chi connectivity index (χ0v) is 6.68. The number of aromatic nitrogens is 1. The van der Waals surface area contributed by atoms with Crippen LogP contribution in [-0.2, 0) is 9.59 Å². The molecule has 0 bridgehead atoms. The Bertz CT molecular complexity index is 327. The van der Waals surface area contributed by atoms with E-state index in [0.29, 0.717) is 0 Å². The van der Waals surface area contributed by atoms with E-state index in [1.807, 2.05) is 0 Å². The van der Waals surface area contributed by atoms with Gasteiger partial charge in [0.1, 0.15) is 0 Å². The molecule has 0 aliphatic rings. The molecule has 0 saturated carbocycles. The monoisotopic (exact) mass is 180 g/mol. The molecule has 0 aliphatic carbocycles. The second-order valence-corrected chi connectivity index (χ2v) is 2.24. The van der Waals surface area contributed by atoms with Crippen LogP contribution in [0.5, 0.6) is 0 Å². The lowest BCUT2D eigenvalue weighted by Gasteiger charge is -2.00. The fraction of sp³-hybridized carbons (Fsp3) is 0. The Morgan fingerprint density at radius 1 is 1.23 bits per heavy atom. The van der Waals surface area contributed by atoms with Crippen molar-refractivity contribution in [1.29, 1.82) is 0 Å². The van der Waals surface area contributed by atoms with Crippen molar-refractivity contribution in [3.63, 3.8) is 0 Å². The summed E-state index contributed by atoms with van der Waals surface area (Å²) in [7, 11) is 0. The fourth-order valence-electron chi connectivity index (χ4n) is 0.721. The summed E-state index contributed by atoms with van der Waals surface area (Å²) < 4.78 is 1.43. The molecule has 2 N–H and O–H groups in total. The minimum absolute atomic E-state index is 0.487. The highest BCUT2D eigenvalue weighted by Crippen LogP contribution is 1.85. The molecule has 1 rings (SSSR count). The third kappa shape index (κ3) is 3.24. The summed E-state index contributed by atoms with van der Waals surface area (Å²) in [6.07, 6.45) is 4.99.